The van der Waals surface area contributed by atoms with Gasteiger partial charge in [0.15, 0.2) is 6.54 Å². The fourth-order valence-corrected chi connectivity index (χ4v) is 1.99. The molecular weight excluding hydrogens is 246 g/mol. The Bertz CT molecular complexity index is 581. The molecule has 5 nitrogen and oxygen atoms in total. The van der Waals surface area contributed by atoms with Crippen molar-refractivity contribution in [3.8, 4) is 0 Å². The Hall–Kier alpha value is -2.17. The quantitative estimate of drug-likeness (QED) is 0.786. The molecule has 1 amide bonds. The molecule has 0 aromatic heterocycles. The molecule has 0 fully saturated rings. The summed E-state index contributed by atoms with van der Waals surface area (Å²) in [5, 5.41) is 9.29. The number of nitrogens with zero attached hydrogens (tertiary/aromatic N) is 1. The third-order valence-corrected chi connectivity index (χ3v) is 2.69. The fourth-order valence-electron chi connectivity index (χ4n) is 1.99. The number of hydrogen-bond acceptors (Lipinski definition) is 3. The van der Waals surface area contributed by atoms with E-state index in [1.165, 1.54) is 0 Å². The second-order valence-corrected chi connectivity index (χ2v) is 5.38. The van der Waals surface area contributed by atoms with Crippen molar-refractivity contribution >= 4 is 17.8 Å². The molecule has 1 aliphatic heterocycles. The Morgan fingerprint density at radius 3 is 2.47 bits per heavy atom. The Labute approximate surface area is 111 Å². The highest BCUT2D eigenvalue weighted by Crippen LogP contribution is 2.20. The molecule has 0 radical (unpaired) electrons. The monoisotopic (exact) mass is 262 g/mol. The molecule has 1 heterocycles. The summed E-state index contributed by atoms with van der Waals surface area (Å²) in [5.41, 5.74) is 0.701. The number of carbonyl (C=O) groups is 2. The summed E-state index contributed by atoms with van der Waals surface area (Å²) in [6, 6.07) is 7.07. The molecule has 0 saturated heterocycles. The van der Waals surface area contributed by atoms with Crippen LogP contribution in [-0.4, -0.2) is 33.1 Å². The van der Waals surface area contributed by atoms with Crippen LogP contribution in [0.2, 0.25) is 0 Å². The van der Waals surface area contributed by atoms with Crippen molar-refractivity contribution in [3.05, 3.63) is 35.4 Å². The van der Waals surface area contributed by atoms with Crippen molar-refractivity contribution in [1.82, 2.24) is 0 Å². The first-order chi connectivity index (χ1) is 8.79. The average molecular weight is 262 g/mol. The number of hydrogen-bond donors (Lipinski definition) is 1. The van der Waals surface area contributed by atoms with Crippen molar-refractivity contribution in [2.45, 2.75) is 32.9 Å². The highest BCUT2D eigenvalue weighted by Gasteiger charge is 2.40. The summed E-state index contributed by atoms with van der Waals surface area (Å²) in [7, 11) is 0. The third-order valence-electron chi connectivity index (χ3n) is 2.69. The van der Waals surface area contributed by atoms with E-state index in [-0.39, 0.29) is 12.3 Å². The van der Waals surface area contributed by atoms with E-state index < -0.39 is 17.7 Å². The van der Waals surface area contributed by atoms with Crippen molar-refractivity contribution in [2.24, 2.45) is 0 Å². The topological polar surface area (TPSA) is 66.6 Å². The standard InChI is InChI=1S/C14H15NO4/c1-14(2,3)19-13(18)15-8-9-6-4-5-7-10(9)11(15)12(16)17/h4-7H,8H2,1-3H3/p+1. The van der Waals surface area contributed by atoms with Gasteiger partial charge in [-0.05, 0) is 26.8 Å². The number of aliphatic carboxylic acids is 1. The highest BCUT2D eigenvalue weighted by molar-refractivity contribution is 6.41. The normalized spacial score (nSPS) is 14.3. The number of ether oxygens (including phenoxy) is 1. The molecule has 1 aromatic rings. The van der Waals surface area contributed by atoms with Crippen molar-refractivity contribution in [1.29, 1.82) is 0 Å². The van der Waals surface area contributed by atoms with Crippen LogP contribution >= 0.6 is 0 Å². The summed E-state index contributed by atoms with van der Waals surface area (Å²) in [4.78, 5) is 23.4. The number of carbonyl (C=O) groups excluding carboxylic acids is 1. The highest BCUT2D eigenvalue weighted by atomic mass is 16.6. The lowest BCUT2D eigenvalue weighted by atomic mass is 10.1. The Kier molecular flexibility index (Phi) is 3.14. The molecule has 1 aliphatic rings. The number of fused-ring (bicyclic) bond motifs is 1. The van der Waals surface area contributed by atoms with Crippen LogP contribution in [0.3, 0.4) is 0 Å². The third kappa shape index (κ3) is 2.65. The zero-order valence-corrected chi connectivity index (χ0v) is 11.1. The van der Waals surface area contributed by atoms with Gasteiger partial charge in [0, 0.05) is 5.56 Å². The van der Waals surface area contributed by atoms with E-state index in [9.17, 15) is 14.7 Å². The minimum absolute atomic E-state index is 0.0233. The predicted molar refractivity (Wildman–Crippen MR) is 68.4 cm³/mol. The molecule has 0 spiro atoms. The van der Waals surface area contributed by atoms with Crippen molar-refractivity contribution in [3.63, 3.8) is 0 Å². The Balaban J connectivity index is 2.42. The van der Waals surface area contributed by atoms with Crippen LogP contribution in [0.25, 0.3) is 0 Å². The van der Waals surface area contributed by atoms with Gasteiger partial charge >= 0.3 is 17.8 Å². The lowest BCUT2D eigenvalue weighted by molar-refractivity contribution is -0.461. The van der Waals surface area contributed by atoms with E-state index in [1.54, 1.807) is 32.9 Å². The maximum absolute atomic E-state index is 12.1. The van der Waals surface area contributed by atoms with Gasteiger partial charge in [0.05, 0.1) is 5.56 Å². The van der Waals surface area contributed by atoms with E-state index in [2.05, 4.69) is 0 Å². The fraction of sp³-hybridized carbons (Fsp3) is 0.357. The van der Waals surface area contributed by atoms with Crippen LogP contribution in [0.15, 0.2) is 24.3 Å². The van der Waals surface area contributed by atoms with Gasteiger partial charge in [0.2, 0.25) is 0 Å². The Morgan fingerprint density at radius 2 is 1.89 bits per heavy atom. The van der Waals surface area contributed by atoms with E-state index in [1.807, 2.05) is 12.1 Å². The zero-order valence-electron chi connectivity index (χ0n) is 11.1. The largest absolute Gasteiger partial charge is 0.597 e. The van der Waals surface area contributed by atoms with E-state index in [0.29, 0.717) is 5.56 Å². The molecule has 1 aromatic carbocycles. The number of amides is 1. The Morgan fingerprint density at radius 1 is 1.26 bits per heavy atom. The van der Waals surface area contributed by atoms with Gasteiger partial charge in [-0.15, -0.1) is 4.58 Å². The molecule has 19 heavy (non-hydrogen) atoms. The first-order valence-electron chi connectivity index (χ1n) is 5.98. The minimum atomic E-state index is -1.13. The first-order valence-corrected chi connectivity index (χ1v) is 5.98. The minimum Gasteiger partial charge on any atom is -0.473 e. The van der Waals surface area contributed by atoms with Crippen LogP contribution in [0.1, 0.15) is 31.9 Å². The molecule has 0 atom stereocenters. The molecule has 100 valence electrons. The summed E-state index contributed by atoms with van der Waals surface area (Å²) in [5.74, 6) is -1.13. The van der Waals surface area contributed by atoms with Crippen molar-refractivity contribution < 1.29 is 24.0 Å². The molecule has 0 aliphatic carbocycles. The number of benzene rings is 1. The lowest BCUT2D eigenvalue weighted by Gasteiger charge is -2.16. The summed E-state index contributed by atoms with van der Waals surface area (Å²) >= 11 is 0. The van der Waals surface area contributed by atoms with E-state index in [0.717, 1.165) is 10.1 Å². The molecular formula is C14H16NO4+. The van der Waals surface area contributed by atoms with Crippen LogP contribution in [0.5, 0.6) is 0 Å². The SMILES string of the molecule is CC(C)(C)OC(=O)[N+]1=C(C(=O)O)c2ccccc2C1. The molecule has 0 saturated carbocycles. The summed E-state index contributed by atoms with van der Waals surface area (Å²) < 4.78 is 6.40. The van der Waals surface area contributed by atoms with Gasteiger partial charge in [0.25, 0.3) is 0 Å². The molecule has 2 rings (SSSR count). The summed E-state index contributed by atoms with van der Waals surface area (Å²) in [6.45, 7) is 5.46. The molecule has 0 bridgehead atoms. The molecule has 0 unspecified atom stereocenters. The van der Waals surface area contributed by atoms with Gasteiger partial charge < -0.3 is 9.84 Å². The second kappa shape index (κ2) is 4.50. The van der Waals surface area contributed by atoms with Crippen LogP contribution < -0.4 is 0 Å². The number of carboxylic acids is 1. The van der Waals surface area contributed by atoms with Crippen LogP contribution in [0.4, 0.5) is 4.79 Å². The second-order valence-electron chi connectivity index (χ2n) is 5.38. The first kappa shape index (κ1) is 13.3. The lowest BCUT2D eigenvalue weighted by Crippen LogP contribution is -2.34. The van der Waals surface area contributed by atoms with Gasteiger partial charge in [-0.1, -0.05) is 18.2 Å². The van der Waals surface area contributed by atoms with Crippen molar-refractivity contribution in [2.75, 3.05) is 0 Å². The smallest absolute Gasteiger partial charge is 0.473 e. The van der Waals surface area contributed by atoms with E-state index >= 15 is 0 Å². The van der Waals surface area contributed by atoms with Gasteiger partial charge in [-0.25, -0.2) is 4.79 Å². The van der Waals surface area contributed by atoms with Crippen LogP contribution in [0, 0.1) is 0 Å². The van der Waals surface area contributed by atoms with Gasteiger partial charge in [-0.2, -0.15) is 4.79 Å². The van der Waals surface area contributed by atoms with Gasteiger partial charge in [0.1, 0.15) is 5.60 Å². The molecule has 1 N–H and O–H groups in total. The number of carboxylic acid groups (broad SMARTS) is 1. The predicted octanol–water partition coefficient (Wildman–Crippen LogP) is 2.02. The van der Waals surface area contributed by atoms with E-state index in [4.69, 9.17) is 4.74 Å². The van der Waals surface area contributed by atoms with Crippen LogP contribution in [-0.2, 0) is 16.1 Å². The van der Waals surface area contributed by atoms with Gasteiger partial charge in [-0.3, -0.25) is 0 Å². The maximum atomic E-state index is 12.1. The zero-order chi connectivity index (χ0) is 14.2. The molecule has 5 heteroatoms. The summed E-state index contributed by atoms with van der Waals surface area (Å²) in [6.07, 6.45) is -0.638. The average Bonchev–Trinajstić information content (AvgIpc) is 2.65. The number of rotatable bonds is 1. The maximum Gasteiger partial charge on any atom is 0.597 e.